The van der Waals surface area contributed by atoms with Crippen LogP contribution >= 0.6 is 0 Å². The number of halogens is 3. The smallest absolute Gasteiger partial charge is 0.339 e. The Bertz CT molecular complexity index is 368. The van der Waals surface area contributed by atoms with Gasteiger partial charge >= 0.3 is 6.18 Å². The van der Waals surface area contributed by atoms with Crippen LogP contribution in [0.25, 0.3) is 0 Å². The molecule has 0 aliphatic heterocycles. The largest absolute Gasteiger partial charge is 0.404 e. The fourth-order valence-electron chi connectivity index (χ4n) is 1.37. The van der Waals surface area contributed by atoms with E-state index in [-0.39, 0.29) is 12.3 Å². The van der Waals surface area contributed by atoms with Gasteiger partial charge in [0.05, 0.1) is 6.42 Å². The van der Waals surface area contributed by atoms with Gasteiger partial charge in [0.25, 0.3) is 0 Å². The highest BCUT2D eigenvalue weighted by Gasteiger charge is 2.42. The molecule has 0 fully saturated rings. The first-order valence-electron chi connectivity index (χ1n) is 5.21. The second kappa shape index (κ2) is 4.64. The Hall–Kier alpha value is -1.11. The number of nitrogens with one attached hydrogen (secondary N) is 1. The van der Waals surface area contributed by atoms with Gasteiger partial charge < -0.3 is 9.84 Å². The molecule has 0 amide bonds. The first kappa shape index (κ1) is 14.0. The molecule has 7 heteroatoms. The first-order chi connectivity index (χ1) is 7.58. The van der Waals surface area contributed by atoms with Crippen LogP contribution in [0.1, 0.15) is 32.5 Å². The number of nitrogens with zero attached hydrogens (tertiary/aromatic N) is 2. The number of hydrogen-bond acceptors (Lipinski definition) is 4. The van der Waals surface area contributed by atoms with E-state index in [1.807, 2.05) is 0 Å². The Morgan fingerprint density at radius 3 is 2.24 bits per heavy atom. The zero-order valence-electron chi connectivity index (χ0n) is 10.2. The summed E-state index contributed by atoms with van der Waals surface area (Å²) >= 11 is 0. The quantitative estimate of drug-likeness (QED) is 0.895. The van der Waals surface area contributed by atoms with Gasteiger partial charge in [-0.15, -0.1) is 0 Å². The van der Waals surface area contributed by atoms with Crippen LogP contribution < -0.4 is 5.32 Å². The lowest BCUT2D eigenvalue weighted by Gasteiger charge is -2.29. The lowest BCUT2D eigenvalue weighted by Crippen LogP contribution is -2.52. The van der Waals surface area contributed by atoms with E-state index in [4.69, 9.17) is 4.52 Å². The van der Waals surface area contributed by atoms with E-state index in [0.29, 0.717) is 5.82 Å². The lowest BCUT2D eigenvalue weighted by molar-refractivity contribution is -0.160. The molecular formula is C10H16F3N3O. The molecule has 0 aromatic carbocycles. The molecular weight excluding hydrogens is 235 g/mol. The van der Waals surface area contributed by atoms with E-state index in [2.05, 4.69) is 15.5 Å². The summed E-state index contributed by atoms with van der Waals surface area (Å²) in [5.74, 6) is 0.318. The van der Waals surface area contributed by atoms with Crippen LogP contribution in [0.2, 0.25) is 0 Å². The zero-order chi connectivity index (χ0) is 13.3. The normalized spacial score (nSPS) is 15.0. The van der Waals surface area contributed by atoms with Crippen molar-refractivity contribution in [1.29, 1.82) is 0 Å². The summed E-state index contributed by atoms with van der Waals surface area (Å²) in [5, 5.41) is 5.97. The van der Waals surface area contributed by atoms with Crippen molar-refractivity contribution in [2.24, 2.45) is 0 Å². The summed E-state index contributed by atoms with van der Waals surface area (Å²) in [4.78, 5) is 3.78. The third-order valence-electron chi connectivity index (χ3n) is 1.95. The van der Waals surface area contributed by atoms with E-state index < -0.39 is 17.8 Å². The first-order valence-corrected chi connectivity index (χ1v) is 5.21. The number of hydrogen-bond donors (Lipinski definition) is 1. The van der Waals surface area contributed by atoms with E-state index in [0.717, 1.165) is 0 Å². The van der Waals surface area contributed by atoms with E-state index >= 15 is 0 Å². The fourth-order valence-corrected chi connectivity index (χ4v) is 1.37. The molecule has 0 bridgehead atoms. The molecule has 0 saturated heterocycles. The molecule has 1 aromatic rings. The van der Waals surface area contributed by atoms with Gasteiger partial charge in [-0.25, -0.2) is 0 Å². The molecule has 0 unspecified atom stereocenters. The molecule has 0 spiro atoms. The molecule has 1 heterocycles. The third kappa shape index (κ3) is 4.72. The summed E-state index contributed by atoms with van der Waals surface area (Å²) in [5.41, 5.74) is -0.644. The van der Waals surface area contributed by atoms with E-state index in [9.17, 15) is 13.2 Å². The van der Waals surface area contributed by atoms with Crippen molar-refractivity contribution in [3.63, 3.8) is 0 Å². The van der Waals surface area contributed by atoms with Crippen LogP contribution in [0.15, 0.2) is 4.52 Å². The van der Waals surface area contributed by atoms with Crippen molar-refractivity contribution in [1.82, 2.24) is 15.5 Å². The summed E-state index contributed by atoms with van der Waals surface area (Å²) in [6, 6.07) is -1.69. The Morgan fingerprint density at radius 2 is 1.88 bits per heavy atom. The maximum Gasteiger partial charge on any atom is 0.404 e. The molecule has 0 radical (unpaired) electrons. The summed E-state index contributed by atoms with van der Waals surface area (Å²) in [6.07, 6.45) is -4.71. The summed E-state index contributed by atoms with van der Waals surface area (Å²) in [7, 11) is 0. The Morgan fingerprint density at radius 1 is 1.29 bits per heavy atom. The summed E-state index contributed by atoms with van der Waals surface area (Å²) in [6.45, 7) is 6.58. The molecule has 17 heavy (non-hydrogen) atoms. The van der Waals surface area contributed by atoms with Gasteiger partial charge in [-0.3, -0.25) is 0 Å². The van der Waals surface area contributed by atoms with Crippen molar-refractivity contribution in [2.75, 3.05) is 0 Å². The van der Waals surface area contributed by atoms with Crippen LogP contribution in [-0.4, -0.2) is 27.9 Å². The van der Waals surface area contributed by atoms with Gasteiger partial charge in [0, 0.05) is 5.54 Å². The number of alkyl halides is 3. The predicted molar refractivity (Wildman–Crippen MR) is 55.5 cm³/mol. The van der Waals surface area contributed by atoms with Crippen molar-refractivity contribution >= 4 is 0 Å². The van der Waals surface area contributed by atoms with Crippen LogP contribution in [0.4, 0.5) is 13.2 Å². The molecule has 0 aliphatic carbocycles. The Kier molecular flexibility index (Phi) is 3.81. The van der Waals surface area contributed by atoms with Crippen molar-refractivity contribution in [2.45, 2.75) is 51.9 Å². The lowest BCUT2D eigenvalue weighted by atomic mass is 10.1. The van der Waals surface area contributed by atoms with Gasteiger partial charge in [0.15, 0.2) is 5.82 Å². The summed E-state index contributed by atoms with van der Waals surface area (Å²) < 4.78 is 43.1. The molecule has 98 valence electrons. The maximum absolute atomic E-state index is 12.8. The minimum atomic E-state index is -4.35. The molecule has 1 aromatic heterocycles. The van der Waals surface area contributed by atoms with Crippen molar-refractivity contribution < 1.29 is 17.7 Å². The average Bonchev–Trinajstić information content (AvgIpc) is 2.46. The molecule has 0 saturated carbocycles. The average molecular weight is 251 g/mol. The highest BCUT2D eigenvalue weighted by molar-refractivity contribution is 4.92. The monoisotopic (exact) mass is 251 g/mol. The number of rotatable bonds is 3. The number of aryl methyl sites for hydroxylation is 1. The highest BCUT2D eigenvalue weighted by Crippen LogP contribution is 2.24. The highest BCUT2D eigenvalue weighted by atomic mass is 19.4. The second-order valence-corrected chi connectivity index (χ2v) is 4.93. The van der Waals surface area contributed by atoms with Gasteiger partial charge in [-0.1, -0.05) is 5.16 Å². The predicted octanol–water partition coefficient (Wildman–Crippen LogP) is 2.24. The minimum Gasteiger partial charge on any atom is -0.339 e. The molecule has 1 atom stereocenters. The SMILES string of the molecule is Cc1noc(C[C@H](NC(C)(C)C)C(F)(F)F)n1. The van der Waals surface area contributed by atoms with Crippen LogP contribution in [0, 0.1) is 6.92 Å². The molecule has 1 rings (SSSR count). The molecule has 1 N–H and O–H groups in total. The zero-order valence-corrected chi connectivity index (χ0v) is 10.2. The van der Waals surface area contributed by atoms with Gasteiger partial charge in [-0.2, -0.15) is 18.2 Å². The van der Waals surface area contributed by atoms with Crippen molar-refractivity contribution in [3.8, 4) is 0 Å². The topological polar surface area (TPSA) is 51.0 Å². The van der Waals surface area contributed by atoms with Gasteiger partial charge in [-0.05, 0) is 27.7 Å². The van der Waals surface area contributed by atoms with Crippen LogP contribution in [0.5, 0.6) is 0 Å². The minimum absolute atomic E-state index is 0.0124. The van der Waals surface area contributed by atoms with Crippen LogP contribution in [0.3, 0.4) is 0 Å². The standard InChI is InChI=1S/C10H16F3N3O/c1-6-14-8(17-16-6)5-7(10(11,12)13)15-9(2,3)4/h7,15H,5H2,1-4H3/t7-/m0/s1. The Labute approximate surface area is 97.6 Å². The van der Waals surface area contributed by atoms with E-state index in [1.54, 1.807) is 27.7 Å². The maximum atomic E-state index is 12.8. The molecule has 0 aliphatic rings. The molecule has 4 nitrogen and oxygen atoms in total. The van der Waals surface area contributed by atoms with Crippen molar-refractivity contribution in [3.05, 3.63) is 11.7 Å². The van der Waals surface area contributed by atoms with Gasteiger partial charge in [0.1, 0.15) is 6.04 Å². The van der Waals surface area contributed by atoms with E-state index in [1.165, 1.54) is 0 Å². The van der Waals surface area contributed by atoms with Gasteiger partial charge in [0.2, 0.25) is 5.89 Å². The Balaban J connectivity index is 2.78. The van der Waals surface area contributed by atoms with Crippen LogP contribution in [-0.2, 0) is 6.42 Å². The second-order valence-electron chi connectivity index (χ2n) is 4.93. The third-order valence-corrected chi connectivity index (χ3v) is 1.95. The fraction of sp³-hybridized carbons (Fsp3) is 0.800. The number of aromatic nitrogens is 2.